The molecule has 0 saturated carbocycles. The van der Waals surface area contributed by atoms with Crippen LogP contribution >= 0.6 is 0 Å². The summed E-state index contributed by atoms with van der Waals surface area (Å²) in [4.78, 5) is 25.3. The van der Waals surface area contributed by atoms with E-state index in [0.29, 0.717) is 17.9 Å². The molecule has 8 nitrogen and oxygen atoms in total. The Kier molecular flexibility index (Phi) is 7.31. The van der Waals surface area contributed by atoms with Gasteiger partial charge < -0.3 is 19.8 Å². The fourth-order valence-corrected chi connectivity index (χ4v) is 2.79. The molecule has 3 aromatic rings. The molecule has 0 radical (unpaired) electrons. The lowest BCUT2D eigenvalue weighted by Crippen LogP contribution is -2.25. The van der Waals surface area contributed by atoms with Crippen molar-refractivity contribution in [3.8, 4) is 0 Å². The molecule has 2 amide bonds. The summed E-state index contributed by atoms with van der Waals surface area (Å²) < 4.78 is 48.0. The number of nitrogens with one attached hydrogen (secondary N) is 2. The minimum atomic E-state index is -4.43. The highest BCUT2D eigenvalue weighted by Gasteiger charge is 2.27. The first-order valence-electron chi connectivity index (χ1n) is 9.68. The van der Waals surface area contributed by atoms with Crippen LogP contribution in [-0.2, 0) is 24.4 Å². The van der Waals surface area contributed by atoms with Crippen LogP contribution in [0.3, 0.4) is 0 Å². The summed E-state index contributed by atoms with van der Waals surface area (Å²) in [6, 6.07) is 9.42. The van der Waals surface area contributed by atoms with Gasteiger partial charge >= 0.3 is 6.18 Å². The smallest absolute Gasteiger partial charge is 0.411 e. The molecule has 2 aromatic heterocycles. The number of carbonyl (C=O) groups is 2. The van der Waals surface area contributed by atoms with E-state index in [9.17, 15) is 22.8 Å². The highest BCUT2D eigenvalue weighted by Crippen LogP contribution is 2.18. The minimum absolute atomic E-state index is 0.0245. The Morgan fingerprint density at radius 1 is 1.19 bits per heavy atom. The number of furan rings is 1. The molecule has 0 spiro atoms. The summed E-state index contributed by atoms with van der Waals surface area (Å²) in [5, 5.41) is 9.49. The number of aryl methyl sites for hydroxylation is 1. The number of nitrogens with zero attached hydrogens (tertiary/aromatic N) is 2. The molecule has 1 aromatic carbocycles. The number of carbonyl (C=O) groups excluding carboxylic acids is 2. The number of anilines is 1. The van der Waals surface area contributed by atoms with E-state index in [-0.39, 0.29) is 30.1 Å². The van der Waals surface area contributed by atoms with E-state index in [1.165, 1.54) is 35.3 Å². The second-order valence-corrected chi connectivity index (χ2v) is 6.77. The van der Waals surface area contributed by atoms with E-state index < -0.39 is 24.6 Å². The van der Waals surface area contributed by atoms with Gasteiger partial charge in [0.1, 0.15) is 12.4 Å². The molecule has 2 heterocycles. The van der Waals surface area contributed by atoms with Crippen LogP contribution in [0.25, 0.3) is 0 Å². The number of hydrogen-bond acceptors (Lipinski definition) is 5. The first-order valence-corrected chi connectivity index (χ1v) is 9.68. The van der Waals surface area contributed by atoms with Crippen LogP contribution in [0, 0.1) is 0 Å². The van der Waals surface area contributed by atoms with E-state index in [0.717, 1.165) is 0 Å². The van der Waals surface area contributed by atoms with Crippen molar-refractivity contribution in [2.45, 2.75) is 32.8 Å². The predicted molar refractivity (Wildman–Crippen MR) is 108 cm³/mol. The van der Waals surface area contributed by atoms with E-state index in [2.05, 4.69) is 20.5 Å². The molecule has 2 N–H and O–H groups in total. The van der Waals surface area contributed by atoms with Gasteiger partial charge in [-0.15, -0.1) is 0 Å². The second kappa shape index (κ2) is 10.1. The third kappa shape index (κ3) is 6.45. The molecule has 170 valence electrons. The summed E-state index contributed by atoms with van der Waals surface area (Å²) in [6.07, 6.45) is -1.42. The van der Waals surface area contributed by atoms with Gasteiger partial charge in [0.2, 0.25) is 0 Å². The fraction of sp³-hybridized carbons (Fsp3) is 0.286. The van der Waals surface area contributed by atoms with Crippen molar-refractivity contribution in [3.05, 3.63) is 71.4 Å². The van der Waals surface area contributed by atoms with Crippen LogP contribution in [0.5, 0.6) is 0 Å². The number of hydrogen-bond donors (Lipinski definition) is 2. The molecule has 0 saturated heterocycles. The first kappa shape index (κ1) is 23.1. The lowest BCUT2D eigenvalue weighted by Gasteiger charge is -2.09. The highest BCUT2D eigenvalue weighted by molar-refractivity contribution is 6.08. The lowest BCUT2D eigenvalue weighted by molar-refractivity contribution is -0.176. The molecule has 32 heavy (non-hydrogen) atoms. The van der Waals surface area contributed by atoms with E-state index in [4.69, 9.17) is 4.42 Å². The number of rotatable bonds is 9. The maximum absolute atomic E-state index is 12.7. The Bertz CT molecular complexity index is 1060. The standard InChI is InChI=1S/C21H21F3N4O4/c1-2-28-11-17(18(27-28)20(30)25-10-16-7-4-8-32-16)26-19(29)15-6-3-5-14(9-15)12-31-13-21(22,23)24/h3-9,11H,2,10,12-13H2,1H3,(H,25,30)(H,26,29). The van der Waals surface area contributed by atoms with E-state index in [1.807, 2.05) is 6.92 Å². The number of halogens is 3. The van der Waals surface area contributed by atoms with Gasteiger partial charge in [-0.3, -0.25) is 14.3 Å². The van der Waals surface area contributed by atoms with Crippen LogP contribution in [0.1, 0.15) is 39.1 Å². The lowest BCUT2D eigenvalue weighted by atomic mass is 10.1. The molecule has 0 fully saturated rings. The topological polar surface area (TPSA) is 98.4 Å². The summed E-state index contributed by atoms with van der Waals surface area (Å²) in [7, 11) is 0. The van der Waals surface area contributed by atoms with Crippen LogP contribution in [0.4, 0.5) is 18.9 Å². The van der Waals surface area contributed by atoms with Gasteiger partial charge in [-0.05, 0) is 36.8 Å². The van der Waals surface area contributed by atoms with E-state index >= 15 is 0 Å². The van der Waals surface area contributed by atoms with Crippen LogP contribution in [0.15, 0.2) is 53.3 Å². The molecular formula is C21H21F3N4O4. The zero-order valence-corrected chi connectivity index (χ0v) is 17.1. The molecule has 0 aliphatic carbocycles. The van der Waals surface area contributed by atoms with Crippen molar-refractivity contribution >= 4 is 17.5 Å². The van der Waals surface area contributed by atoms with Gasteiger partial charge in [0, 0.05) is 18.3 Å². The average Bonchev–Trinajstić information content (AvgIpc) is 3.41. The average molecular weight is 450 g/mol. The molecule has 0 bridgehead atoms. The normalized spacial score (nSPS) is 11.4. The quantitative estimate of drug-likeness (QED) is 0.517. The maximum Gasteiger partial charge on any atom is 0.411 e. The van der Waals surface area contributed by atoms with Crippen LogP contribution in [0.2, 0.25) is 0 Å². The summed E-state index contributed by atoms with van der Waals surface area (Å²) in [5.41, 5.74) is 0.829. The van der Waals surface area contributed by atoms with Gasteiger partial charge in [0.05, 0.1) is 25.1 Å². The number of benzene rings is 1. The first-order chi connectivity index (χ1) is 15.2. The summed E-state index contributed by atoms with van der Waals surface area (Å²) in [6.45, 7) is 0.775. The minimum Gasteiger partial charge on any atom is -0.467 e. The molecule has 0 aliphatic rings. The molecule has 3 rings (SSSR count). The van der Waals surface area contributed by atoms with Crippen molar-refractivity contribution in [1.82, 2.24) is 15.1 Å². The SMILES string of the molecule is CCn1cc(NC(=O)c2cccc(COCC(F)(F)F)c2)c(C(=O)NCc2ccco2)n1. The zero-order chi connectivity index (χ0) is 23.1. The number of aromatic nitrogens is 2. The van der Waals surface area contributed by atoms with Crippen molar-refractivity contribution in [3.63, 3.8) is 0 Å². The Hall–Kier alpha value is -3.60. The largest absolute Gasteiger partial charge is 0.467 e. The van der Waals surface area contributed by atoms with Gasteiger partial charge in [0.15, 0.2) is 5.69 Å². The Balaban J connectivity index is 1.68. The number of ether oxygens (including phenoxy) is 1. The van der Waals surface area contributed by atoms with Gasteiger partial charge in [-0.1, -0.05) is 12.1 Å². The van der Waals surface area contributed by atoms with E-state index in [1.54, 1.807) is 18.2 Å². The molecular weight excluding hydrogens is 429 g/mol. The van der Waals surface area contributed by atoms with Crippen molar-refractivity contribution in [1.29, 1.82) is 0 Å². The molecule has 11 heteroatoms. The summed E-state index contributed by atoms with van der Waals surface area (Å²) >= 11 is 0. The van der Waals surface area contributed by atoms with Crippen LogP contribution < -0.4 is 10.6 Å². The van der Waals surface area contributed by atoms with Gasteiger partial charge in [0.25, 0.3) is 11.8 Å². The third-order valence-corrected chi connectivity index (χ3v) is 4.28. The van der Waals surface area contributed by atoms with Gasteiger partial charge in [-0.25, -0.2) is 0 Å². The third-order valence-electron chi connectivity index (χ3n) is 4.28. The maximum atomic E-state index is 12.7. The monoisotopic (exact) mass is 450 g/mol. The summed E-state index contributed by atoms with van der Waals surface area (Å²) in [5.74, 6) is -0.486. The number of amides is 2. The van der Waals surface area contributed by atoms with Crippen molar-refractivity contribution in [2.24, 2.45) is 0 Å². The molecule has 0 unspecified atom stereocenters. The zero-order valence-electron chi connectivity index (χ0n) is 17.1. The van der Waals surface area contributed by atoms with Crippen molar-refractivity contribution < 1.29 is 31.9 Å². The highest BCUT2D eigenvalue weighted by atomic mass is 19.4. The van der Waals surface area contributed by atoms with Crippen molar-refractivity contribution in [2.75, 3.05) is 11.9 Å². The Morgan fingerprint density at radius 2 is 2.00 bits per heavy atom. The Morgan fingerprint density at radius 3 is 2.69 bits per heavy atom. The van der Waals surface area contributed by atoms with Gasteiger partial charge in [-0.2, -0.15) is 18.3 Å². The predicted octanol–water partition coefficient (Wildman–Crippen LogP) is 3.76. The molecule has 0 atom stereocenters. The fourth-order valence-electron chi connectivity index (χ4n) is 2.79. The molecule has 0 aliphatic heterocycles. The Labute approximate surface area is 181 Å². The second-order valence-electron chi connectivity index (χ2n) is 6.77. The number of alkyl halides is 3. The van der Waals surface area contributed by atoms with Crippen LogP contribution in [-0.4, -0.2) is 34.4 Å².